The molecular weight excluding hydrogens is 340 g/mol. The number of carbonyl (C=O) groups excluding carboxylic acids is 2. The van der Waals surface area contributed by atoms with Crippen LogP contribution in [0.25, 0.3) is 0 Å². The van der Waals surface area contributed by atoms with Crippen molar-refractivity contribution in [1.29, 1.82) is 0 Å². The van der Waals surface area contributed by atoms with Gasteiger partial charge < -0.3 is 25.2 Å². The number of nitrogens with one attached hydrogen (secondary N) is 2. The normalized spacial score (nSPS) is 11.6. The summed E-state index contributed by atoms with van der Waals surface area (Å²) < 4.78 is 10.3. The molecule has 0 fully saturated rings. The quantitative estimate of drug-likeness (QED) is 0.569. The lowest BCUT2D eigenvalue weighted by molar-refractivity contribution is -0.142. The van der Waals surface area contributed by atoms with Crippen molar-refractivity contribution in [3.8, 4) is 11.5 Å². The molecule has 0 unspecified atom stereocenters. The fraction of sp³-hybridized carbons (Fsp3) is 0.500. The van der Waals surface area contributed by atoms with Gasteiger partial charge in [0.25, 0.3) is 0 Å². The standard InChI is InChI=1S/C18H26N2O6/c1-11(2)7-14(18(23)24)20-17(22)10-19-16(21)9-12-8-13(25-3)5-6-15(12)26-4/h5-6,8,11,14H,7,9-10H2,1-4H3,(H,19,21)(H,20,22)(H,23,24)/t14-/m0/s1. The number of hydrogen-bond donors (Lipinski definition) is 3. The second-order valence-electron chi connectivity index (χ2n) is 6.22. The first kappa shape index (κ1) is 21.3. The molecule has 0 aromatic heterocycles. The van der Waals surface area contributed by atoms with Crippen LogP contribution in [0.3, 0.4) is 0 Å². The van der Waals surface area contributed by atoms with Gasteiger partial charge in [0.2, 0.25) is 11.8 Å². The number of carboxylic acid groups (broad SMARTS) is 1. The number of rotatable bonds is 10. The molecule has 0 aliphatic carbocycles. The van der Waals surface area contributed by atoms with Gasteiger partial charge in [-0.05, 0) is 30.5 Å². The first-order valence-corrected chi connectivity index (χ1v) is 8.26. The first-order chi connectivity index (χ1) is 12.3. The summed E-state index contributed by atoms with van der Waals surface area (Å²) in [7, 11) is 3.02. The van der Waals surface area contributed by atoms with Crippen molar-refractivity contribution in [2.24, 2.45) is 5.92 Å². The maximum Gasteiger partial charge on any atom is 0.326 e. The lowest BCUT2D eigenvalue weighted by Gasteiger charge is -2.16. The molecule has 1 aromatic carbocycles. The molecule has 0 aliphatic heterocycles. The number of ether oxygens (including phenoxy) is 2. The Kier molecular flexibility index (Phi) is 8.41. The van der Waals surface area contributed by atoms with Gasteiger partial charge in [-0.15, -0.1) is 0 Å². The maximum atomic E-state index is 12.1. The number of amides is 2. The molecule has 1 aromatic rings. The predicted molar refractivity (Wildman–Crippen MR) is 95.3 cm³/mol. The van der Waals surface area contributed by atoms with Crippen LogP contribution in [-0.2, 0) is 20.8 Å². The molecule has 1 rings (SSSR count). The second-order valence-corrected chi connectivity index (χ2v) is 6.22. The SMILES string of the molecule is COc1ccc(OC)c(CC(=O)NCC(=O)N[C@@H](CC(C)C)C(=O)O)c1. The third-order valence-electron chi connectivity index (χ3n) is 3.63. The van der Waals surface area contributed by atoms with Crippen LogP contribution in [0.15, 0.2) is 18.2 Å². The van der Waals surface area contributed by atoms with Crippen molar-refractivity contribution in [1.82, 2.24) is 10.6 Å². The Balaban J connectivity index is 2.58. The third kappa shape index (κ3) is 7.00. The molecule has 3 N–H and O–H groups in total. The molecule has 1 atom stereocenters. The van der Waals surface area contributed by atoms with E-state index >= 15 is 0 Å². The minimum Gasteiger partial charge on any atom is -0.497 e. The average molecular weight is 366 g/mol. The number of hydrogen-bond acceptors (Lipinski definition) is 5. The Morgan fingerprint density at radius 1 is 1.12 bits per heavy atom. The van der Waals surface area contributed by atoms with Crippen LogP contribution in [0.2, 0.25) is 0 Å². The Bertz CT molecular complexity index is 645. The molecule has 0 aliphatic rings. The van der Waals surface area contributed by atoms with Crippen molar-refractivity contribution < 1.29 is 29.0 Å². The van der Waals surface area contributed by atoms with Crippen molar-refractivity contribution in [2.75, 3.05) is 20.8 Å². The van der Waals surface area contributed by atoms with E-state index in [2.05, 4.69) is 10.6 Å². The van der Waals surface area contributed by atoms with Crippen molar-refractivity contribution in [3.63, 3.8) is 0 Å². The predicted octanol–water partition coefficient (Wildman–Crippen LogP) is 0.978. The van der Waals surface area contributed by atoms with E-state index in [1.807, 2.05) is 13.8 Å². The summed E-state index contributed by atoms with van der Waals surface area (Å²) in [6, 6.07) is 4.12. The zero-order chi connectivity index (χ0) is 19.7. The molecule has 0 saturated heterocycles. The highest BCUT2D eigenvalue weighted by Gasteiger charge is 2.21. The smallest absolute Gasteiger partial charge is 0.326 e. The van der Waals surface area contributed by atoms with Gasteiger partial charge in [0.15, 0.2) is 0 Å². The van der Waals surface area contributed by atoms with Gasteiger partial charge in [-0.2, -0.15) is 0 Å². The molecule has 0 spiro atoms. The van der Waals surface area contributed by atoms with E-state index < -0.39 is 17.9 Å². The molecule has 0 heterocycles. The van der Waals surface area contributed by atoms with Gasteiger partial charge in [0.1, 0.15) is 17.5 Å². The summed E-state index contributed by atoms with van der Waals surface area (Å²) >= 11 is 0. The maximum absolute atomic E-state index is 12.1. The number of carboxylic acids is 1. The van der Waals surface area contributed by atoms with Gasteiger partial charge in [-0.25, -0.2) is 4.79 Å². The fourth-order valence-corrected chi connectivity index (χ4v) is 2.37. The van der Waals surface area contributed by atoms with E-state index in [-0.39, 0.29) is 24.8 Å². The lowest BCUT2D eigenvalue weighted by Crippen LogP contribution is -2.46. The van der Waals surface area contributed by atoms with E-state index in [0.29, 0.717) is 23.5 Å². The van der Waals surface area contributed by atoms with Gasteiger partial charge >= 0.3 is 5.97 Å². The Labute approximate surface area is 152 Å². The molecule has 2 amide bonds. The minimum atomic E-state index is -1.10. The Morgan fingerprint density at radius 2 is 1.81 bits per heavy atom. The minimum absolute atomic E-state index is 0.00199. The number of methoxy groups -OCH3 is 2. The van der Waals surface area contributed by atoms with Crippen LogP contribution in [0.5, 0.6) is 11.5 Å². The van der Waals surface area contributed by atoms with Crippen LogP contribution in [0.4, 0.5) is 0 Å². The highest BCUT2D eigenvalue weighted by molar-refractivity contribution is 5.88. The van der Waals surface area contributed by atoms with Gasteiger partial charge in [-0.1, -0.05) is 13.8 Å². The zero-order valence-electron chi connectivity index (χ0n) is 15.5. The van der Waals surface area contributed by atoms with Gasteiger partial charge in [-0.3, -0.25) is 9.59 Å². The molecule has 26 heavy (non-hydrogen) atoms. The topological polar surface area (TPSA) is 114 Å². The zero-order valence-corrected chi connectivity index (χ0v) is 15.5. The average Bonchev–Trinajstić information content (AvgIpc) is 2.58. The summed E-state index contributed by atoms with van der Waals surface area (Å²) in [4.78, 5) is 35.1. The number of benzene rings is 1. The van der Waals surface area contributed by atoms with Crippen LogP contribution in [-0.4, -0.2) is 49.7 Å². The van der Waals surface area contributed by atoms with E-state index in [0.717, 1.165) is 0 Å². The highest BCUT2D eigenvalue weighted by atomic mass is 16.5. The van der Waals surface area contributed by atoms with Crippen LogP contribution < -0.4 is 20.1 Å². The van der Waals surface area contributed by atoms with E-state index in [1.54, 1.807) is 18.2 Å². The summed E-state index contributed by atoms with van der Waals surface area (Å²) in [6.45, 7) is 3.43. The molecule has 0 bridgehead atoms. The van der Waals surface area contributed by atoms with Crippen LogP contribution in [0, 0.1) is 5.92 Å². The van der Waals surface area contributed by atoms with Crippen molar-refractivity contribution in [3.05, 3.63) is 23.8 Å². The lowest BCUT2D eigenvalue weighted by atomic mass is 10.0. The van der Waals surface area contributed by atoms with Gasteiger partial charge in [0.05, 0.1) is 27.2 Å². The summed E-state index contributed by atoms with van der Waals surface area (Å²) in [5.74, 6) is -0.796. The Hall–Kier alpha value is -2.77. The van der Waals surface area contributed by atoms with Crippen molar-refractivity contribution >= 4 is 17.8 Å². The fourth-order valence-electron chi connectivity index (χ4n) is 2.37. The van der Waals surface area contributed by atoms with Gasteiger partial charge in [0, 0.05) is 5.56 Å². The second kappa shape index (κ2) is 10.3. The van der Waals surface area contributed by atoms with E-state index in [1.165, 1.54) is 14.2 Å². The first-order valence-electron chi connectivity index (χ1n) is 8.26. The molecular formula is C18H26N2O6. The molecule has 0 saturated carbocycles. The largest absolute Gasteiger partial charge is 0.497 e. The van der Waals surface area contributed by atoms with Crippen LogP contribution >= 0.6 is 0 Å². The molecule has 8 nitrogen and oxygen atoms in total. The van der Waals surface area contributed by atoms with E-state index in [9.17, 15) is 14.4 Å². The summed E-state index contributed by atoms with van der Waals surface area (Å²) in [5.41, 5.74) is 0.618. The Morgan fingerprint density at radius 3 is 2.35 bits per heavy atom. The monoisotopic (exact) mass is 366 g/mol. The molecule has 8 heteroatoms. The third-order valence-corrected chi connectivity index (χ3v) is 3.63. The summed E-state index contributed by atoms with van der Waals surface area (Å²) in [6.07, 6.45) is 0.317. The molecule has 144 valence electrons. The summed E-state index contributed by atoms with van der Waals surface area (Å²) in [5, 5.41) is 14.0. The number of aliphatic carboxylic acids is 1. The highest BCUT2D eigenvalue weighted by Crippen LogP contribution is 2.24. The van der Waals surface area contributed by atoms with E-state index in [4.69, 9.17) is 14.6 Å². The van der Waals surface area contributed by atoms with Crippen molar-refractivity contribution in [2.45, 2.75) is 32.7 Å². The number of carbonyl (C=O) groups is 3. The molecule has 0 radical (unpaired) electrons. The van der Waals surface area contributed by atoms with Crippen LogP contribution in [0.1, 0.15) is 25.8 Å².